The molecule has 5 heteroatoms. The summed E-state index contributed by atoms with van der Waals surface area (Å²) in [6.45, 7) is 3.08. The maximum absolute atomic E-state index is 6.03. The third-order valence-corrected chi connectivity index (χ3v) is 7.41. The van der Waals surface area contributed by atoms with E-state index < -0.39 is 0 Å². The minimum atomic E-state index is 0.218. The van der Waals surface area contributed by atoms with Gasteiger partial charge in [0.05, 0.1) is 6.10 Å². The molecule has 33 heavy (non-hydrogen) atoms. The average molecular weight is 455 g/mol. The van der Waals surface area contributed by atoms with Crippen molar-refractivity contribution in [2.24, 2.45) is 5.92 Å². The number of ether oxygens (including phenoxy) is 2. The van der Waals surface area contributed by atoms with E-state index in [1.165, 1.54) is 26.7 Å². The highest BCUT2D eigenvalue weighted by Crippen LogP contribution is 2.33. The van der Waals surface area contributed by atoms with E-state index in [2.05, 4.69) is 94.8 Å². The first-order valence-electron chi connectivity index (χ1n) is 11.4. The van der Waals surface area contributed by atoms with Crippen LogP contribution in [0.25, 0.3) is 0 Å². The molecule has 3 aromatic carbocycles. The van der Waals surface area contributed by atoms with Gasteiger partial charge in [-0.3, -0.25) is 0 Å². The van der Waals surface area contributed by atoms with E-state index in [4.69, 9.17) is 9.47 Å². The lowest BCUT2D eigenvalue weighted by Crippen LogP contribution is -2.44. The number of benzene rings is 3. The Morgan fingerprint density at radius 3 is 2.21 bits per heavy atom. The van der Waals surface area contributed by atoms with Crippen molar-refractivity contribution in [2.75, 3.05) is 29.8 Å². The van der Waals surface area contributed by atoms with Crippen LogP contribution in [0.3, 0.4) is 0 Å². The fourth-order valence-corrected chi connectivity index (χ4v) is 5.38. The van der Waals surface area contributed by atoms with Crippen molar-refractivity contribution in [3.05, 3.63) is 103 Å². The summed E-state index contributed by atoms with van der Waals surface area (Å²) in [6.07, 6.45) is 8.82. The molecule has 2 aliphatic heterocycles. The summed E-state index contributed by atoms with van der Waals surface area (Å²) in [5, 5.41) is 0. The molecule has 0 spiro atoms. The number of anilines is 2. The van der Waals surface area contributed by atoms with Crippen LogP contribution in [0.4, 0.5) is 11.4 Å². The topological polar surface area (TPSA) is 24.9 Å². The van der Waals surface area contributed by atoms with Crippen LogP contribution in [0, 0.1) is 5.92 Å². The summed E-state index contributed by atoms with van der Waals surface area (Å²) < 4.78 is 11.9. The lowest BCUT2D eigenvalue weighted by Gasteiger charge is -2.38. The second-order valence-electron chi connectivity index (χ2n) is 8.59. The third-order valence-electron chi connectivity index (χ3n) is 6.40. The summed E-state index contributed by atoms with van der Waals surface area (Å²) in [5.74, 6) is 1.42. The van der Waals surface area contributed by atoms with Crippen molar-refractivity contribution in [3.63, 3.8) is 0 Å². The number of rotatable bonds is 4. The second-order valence-corrected chi connectivity index (χ2v) is 9.73. The molecule has 0 radical (unpaired) electrons. The van der Waals surface area contributed by atoms with Crippen LogP contribution in [0.2, 0.25) is 0 Å². The van der Waals surface area contributed by atoms with Gasteiger partial charge in [-0.15, -0.1) is 0 Å². The molecule has 1 fully saturated rings. The lowest BCUT2D eigenvalue weighted by atomic mass is 9.95. The Hall–Kier alpha value is -3.15. The summed E-state index contributed by atoms with van der Waals surface area (Å²) in [6, 6.07) is 25.8. The fraction of sp³-hybridized carbons (Fsp3) is 0.214. The zero-order chi connectivity index (χ0) is 22.0. The molecule has 1 saturated heterocycles. The van der Waals surface area contributed by atoms with Gasteiger partial charge in [0, 0.05) is 45.7 Å². The molecule has 0 aromatic heterocycles. The number of para-hydroxylation sites is 1. The molecule has 0 bridgehead atoms. The number of hydrogen-bond acceptors (Lipinski definition) is 5. The molecule has 2 heterocycles. The predicted molar refractivity (Wildman–Crippen MR) is 134 cm³/mol. The van der Waals surface area contributed by atoms with Gasteiger partial charge in [0.2, 0.25) is 0 Å². The lowest BCUT2D eigenvalue weighted by molar-refractivity contribution is 0.0300. The van der Waals surface area contributed by atoms with E-state index in [9.17, 15) is 0 Å². The highest BCUT2D eigenvalue weighted by molar-refractivity contribution is 7.99. The van der Waals surface area contributed by atoms with Gasteiger partial charge in [-0.2, -0.15) is 0 Å². The molecule has 3 aromatic rings. The minimum Gasteiger partial charge on any atom is -0.473 e. The van der Waals surface area contributed by atoms with Crippen LogP contribution < -0.4 is 14.5 Å². The van der Waals surface area contributed by atoms with Gasteiger partial charge in [0.15, 0.2) is 6.73 Å². The van der Waals surface area contributed by atoms with Gasteiger partial charge < -0.3 is 19.3 Å². The van der Waals surface area contributed by atoms with Crippen molar-refractivity contribution in [3.8, 4) is 5.75 Å². The van der Waals surface area contributed by atoms with Crippen molar-refractivity contribution in [2.45, 2.75) is 22.4 Å². The molecule has 166 valence electrons. The Bertz CT molecular complexity index is 1170. The van der Waals surface area contributed by atoms with Crippen molar-refractivity contribution in [1.29, 1.82) is 0 Å². The number of nitrogens with zero attached hydrogens (tertiary/aromatic N) is 2. The molecule has 4 nitrogen and oxygen atoms in total. The Kier molecular flexibility index (Phi) is 5.58. The molecule has 3 aliphatic rings. The molecule has 0 N–H and O–H groups in total. The van der Waals surface area contributed by atoms with E-state index in [1.807, 2.05) is 12.1 Å². The van der Waals surface area contributed by atoms with Crippen LogP contribution >= 0.6 is 11.8 Å². The molecule has 0 saturated carbocycles. The van der Waals surface area contributed by atoms with Gasteiger partial charge in [-0.05, 0) is 54.6 Å². The van der Waals surface area contributed by atoms with Gasteiger partial charge in [-0.25, -0.2) is 0 Å². The summed E-state index contributed by atoms with van der Waals surface area (Å²) in [5.41, 5.74) is 3.62. The first kappa shape index (κ1) is 20.5. The average Bonchev–Trinajstić information content (AvgIpc) is 2.89. The van der Waals surface area contributed by atoms with Crippen molar-refractivity contribution in [1.82, 2.24) is 0 Å². The van der Waals surface area contributed by atoms with Gasteiger partial charge in [0.1, 0.15) is 12.5 Å². The van der Waals surface area contributed by atoms with E-state index in [-0.39, 0.29) is 6.10 Å². The highest BCUT2D eigenvalue weighted by Gasteiger charge is 2.27. The van der Waals surface area contributed by atoms with Crippen LogP contribution in [-0.2, 0) is 11.3 Å². The molecular weight excluding hydrogens is 428 g/mol. The molecule has 0 amide bonds. The second kappa shape index (κ2) is 9.00. The maximum Gasteiger partial charge on any atom is 0.161 e. The van der Waals surface area contributed by atoms with E-state index in [0.717, 1.165) is 18.8 Å². The Morgan fingerprint density at radius 2 is 1.42 bits per heavy atom. The van der Waals surface area contributed by atoms with Crippen LogP contribution in [-0.4, -0.2) is 26.1 Å². The molecule has 1 aliphatic carbocycles. The number of allylic oxidation sites excluding steroid dienone is 2. The zero-order valence-corrected chi connectivity index (χ0v) is 19.2. The quantitative estimate of drug-likeness (QED) is 0.474. The van der Waals surface area contributed by atoms with Gasteiger partial charge >= 0.3 is 0 Å². The SMILES string of the molecule is C1=CC2CN(c3ccc(Sc4ccc(N5COc6ccccc6C5)cc4)cc3)COC2C=C1. The number of hydrogen-bond donors (Lipinski definition) is 0. The third kappa shape index (κ3) is 4.39. The van der Waals surface area contributed by atoms with Crippen molar-refractivity contribution < 1.29 is 9.47 Å². The highest BCUT2D eigenvalue weighted by atomic mass is 32.2. The van der Waals surface area contributed by atoms with E-state index in [1.54, 1.807) is 11.8 Å². The summed E-state index contributed by atoms with van der Waals surface area (Å²) in [7, 11) is 0. The van der Waals surface area contributed by atoms with E-state index >= 15 is 0 Å². The first-order valence-corrected chi connectivity index (χ1v) is 12.2. The van der Waals surface area contributed by atoms with Crippen LogP contribution in [0.15, 0.2) is 107 Å². The maximum atomic E-state index is 6.03. The summed E-state index contributed by atoms with van der Waals surface area (Å²) >= 11 is 1.79. The first-order chi connectivity index (χ1) is 16.3. The van der Waals surface area contributed by atoms with Crippen molar-refractivity contribution >= 4 is 23.1 Å². The van der Waals surface area contributed by atoms with Gasteiger partial charge in [0.25, 0.3) is 0 Å². The van der Waals surface area contributed by atoms with Crippen LogP contribution in [0.5, 0.6) is 5.75 Å². The Balaban J connectivity index is 1.08. The monoisotopic (exact) mass is 454 g/mol. The largest absolute Gasteiger partial charge is 0.473 e. The van der Waals surface area contributed by atoms with E-state index in [0.29, 0.717) is 19.4 Å². The summed E-state index contributed by atoms with van der Waals surface area (Å²) in [4.78, 5) is 7.03. The Morgan fingerprint density at radius 1 is 0.727 bits per heavy atom. The zero-order valence-electron chi connectivity index (χ0n) is 18.3. The fourth-order valence-electron chi connectivity index (χ4n) is 4.57. The molecule has 2 unspecified atom stereocenters. The normalized spacial score (nSPS) is 21.3. The molecule has 2 atom stereocenters. The number of fused-ring (bicyclic) bond motifs is 2. The smallest absolute Gasteiger partial charge is 0.161 e. The van der Waals surface area contributed by atoms with Crippen LogP contribution in [0.1, 0.15) is 5.56 Å². The molecule has 6 rings (SSSR count). The van der Waals surface area contributed by atoms with Gasteiger partial charge in [-0.1, -0.05) is 54.3 Å². The standard InChI is InChI=1S/C28H26N2O2S/c1-3-7-27-21(5-1)17-29(19-31-27)23-9-13-25(14-10-23)33-26-15-11-24(12-16-26)30-18-22-6-2-4-8-28(22)32-20-30/h1-16,21,27H,17-20H2. The predicted octanol–water partition coefficient (Wildman–Crippen LogP) is 6.10. The molecular formula is C28H26N2O2S. The Labute approximate surface area is 199 Å². The minimum absolute atomic E-state index is 0.218.